The first-order valence-corrected chi connectivity index (χ1v) is 9.73. The molecule has 1 aromatic rings. The van der Waals surface area contributed by atoms with Crippen LogP contribution in [0.5, 0.6) is 5.75 Å². The van der Waals surface area contributed by atoms with Gasteiger partial charge in [-0.05, 0) is 37.0 Å². The Hall–Kier alpha value is -1.05. The standard InChI is InChI=1S/C19H28ClN3O3.ClH/c1-25-18-6-5-13(20)11-16(18)23-19(24)7-8-21-15-4-2-3-14(15)17-12-26-10-9-22-17;/h5-6,11,14-15,17,21-22H,2-4,7-10,12H2,1H3,(H,23,24);1H. The molecule has 8 heteroatoms. The van der Waals surface area contributed by atoms with Crippen LogP contribution in [0.15, 0.2) is 18.2 Å². The van der Waals surface area contributed by atoms with Gasteiger partial charge in [-0.3, -0.25) is 4.79 Å². The smallest absolute Gasteiger partial charge is 0.225 e. The predicted molar refractivity (Wildman–Crippen MR) is 110 cm³/mol. The molecule has 1 saturated carbocycles. The minimum atomic E-state index is -0.0493. The van der Waals surface area contributed by atoms with E-state index in [0.29, 0.717) is 47.4 Å². The van der Waals surface area contributed by atoms with E-state index in [9.17, 15) is 4.79 Å². The van der Waals surface area contributed by atoms with Crippen LogP contribution in [0.2, 0.25) is 5.02 Å². The molecule has 3 N–H and O–H groups in total. The summed E-state index contributed by atoms with van der Waals surface area (Å²) >= 11 is 6.00. The summed E-state index contributed by atoms with van der Waals surface area (Å²) in [5.74, 6) is 1.13. The number of morpholine rings is 1. The number of hydrogen-bond donors (Lipinski definition) is 3. The normalized spacial score (nSPS) is 24.9. The Morgan fingerprint density at radius 1 is 1.41 bits per heavy atom. The highest BCUT2D eigenvalue weighted by atomic mass is 35.5. The van der Waals surface area contributed by atoms with E-state index in [-0.39, 0.29) is 18.3 Å². The molecule has 0 radical (unpaired) electrons. The number of anilines is 1. The van der Waals surface area contributed by atoms with Crippen LogP contribution in [0.25, 0.3) is 0 Å². The molecule has 152 valence electrons. The Labute approximate surface area is 172 Å². The zero-order valence-corrected chi connectivity index (χ0v) is 17.2. The fourth-order valence-corrected chi connectivity index (χ4v) is 4.12. The lowest BCUT2D eigenvalue weighted by Gasteiger charge is -2.33. The monoisotopic (exact) mass is 417 g/mol. The molecule has 2 fully saturated rings. The van der Waals surface area contributed by atoms with Gasteiger partial charge in [0.15, 0.2) is 0 Å². The minimum absolute atomic E-state index is 0. The van der Waals surface area contributed by atoms with Gasteiger partial charge in [0, 0.05) is 36.6 Å². The van der Waals surface area contributed by atoms with Gasteiger partial charge in [0.25, 0.3) is 0 Å². The van der Waals surface area contributed by atoms with Crippen molar-refractivity contribution in [2.75, 3.05) is 38.7 Å². The number of nitrogens with one attached hydrogen (secondary N) is 3. The first-order valence-electron chi connectivity index (χ1n) is 9.35. The van der Waals surface area contributed by atoms with Gasteiger partial charge >= 0.3 is 0 Å². The Balaban J connectivity index is 0.00000261. The number of amides is 1. The number of methoxy groups -OCH3 is 1. The van der Waals surface area contributed by atoms with Crippen LogP contribution in [0.4, 0.5) is 5.69 Å². The fraction of sp³-hybridized carbons (Fsp3) is 0.632. The molecule has 1 heterocycles. The zero-order chi connectivity index (χ0) is 18.4. The van der Waals surface area contributed by atoms with Gasteiger partial charge in [-0.25, -0.2) is 0 Å². The van der Waals surface area contributed by atoms with E-state index in [1.807, 2.05) is 0 Å². The highest BCUT2D eigenvalue weighted by Crippen LogP contribution is 2.30. The number of rotatable bonds is 7. The molecular weight excluding hydrogens is 389 g/mol. The summed E-state index contributed by atoms with van der Waals surface area (Å²) < 4.78 is 10.9. The lowest BCUT2D eigenvalue weighted by atomic mass is 9.94. The molecular formula is C19H29Cl2N3O3. The molecule has 1 amide bonds. The number of ether oxygens (including phenoxy) is 2. The molecule has 3 rings (SSSR count). The van der Waals surface area contributed by atoms with Crippen LogP contribution >= 0.6 is 24.0 Å². The Bertz CT molecular complexity index is 612. The topological polar surface area (TPSA) is 71.6 Å². The molecule has 6 nitrogen and oxygen atoms in total. The second kappa shape index (κ2) is 11.1. The summed E-state index contributed by atoms with van der Waals surface area (Å²) in [7, 11) is 1.57. The van der Waals surface area contributed by atoms with Crippen LogP contribution < -0.4 is 20.7 Å². The maximum Gasteiger partial charge on any atom is 0.225 e. The van der Waals surface area contributed by atoms with Gasteiger partial charge in [0.2, 0.25) is 5.91 Å². The third-order valence-electron chi connectivity index (χ3n) is 5.23. The molecule has 3 unspecified atom stereocenters. The number of halogens is 2. The molecule has 3 atom stereocenters. The quantitative estimate of drug-likeness (QED) is 0.635. The van der Waals surface area contributed by atoms with Gasteiger partial charge in [-0.15, -0.1) is 12.4 Å². The SMILES string of the molecule is COc1ccc(Cl)cc1NC(=O)CCNC1CCCC1C1COCCN1.Cl. The summed E-state index contributed by atoms with van der Waals surface area (Å²) in [6.45, 7) is 3.17. The molecule has 1 aliphatic heterocycles. The Morgan fingerprint density at radius 3 is 3.00 bits per heavy atom. The van der Waals surface area contributed by atoms with Crippen molar-refractivity contribution < 1.29 is 14.3 Å². The van der Waals surface area contributed by atoms with E-state index in [4.69, 9.17) is 21.1 Å². The Morgan fingerprint density at radius 2 is 2.26 bits per heavy atom. The van der Waals surface area contributed by atoms with Gasteiger partial charge in [-0.2, -0.15) is 0 Å². The molecule has 1 aliphatic carbocycles. The summed E-state index contributed by atoms with van der Waals surface area (Å²) in [5, 5.41) is 10.6. The van der Waals surface area contributed by atoms with Crippen molar-refractivity contribution >= 4 is 35.6 Å². The Kier molecular flexibility index (Phi) is 9.12. The summed E-state index contributed by atoms with van der Waals surface area (Å²) in [6, 6.07) is 6.06. The third kappa shape index (κ3) is 6.22. The molecule has 2 aliphatic rings. The van der Waals surface area contributed by atoms with Gasteiger partial charge < -0.3 is 25.4 Å². The van der Waals surface area contributed by atoms with Crippen molar-refractivity contribution in [3.63, 3.8) is 0 Å². The van der Waals surface area contributed by atoms with Gasteiger partial charge in [0.05, 0.1) is 26.0 Å². The van der Waals surface area contributed by atoms with E-state index < -0.39 is 0 Å². The van der Waals surface area contributed by atoms with E-state index in [0.717, 1.165) is 26.2 Å². The first kappa shape index (κ1) is 22.2. The van der Waals surface area contributed by atoms with E-state index in [1.165, 1.54) is 12.8 Å². The molecule has 0 spiro atoms. The summed E-state index contributed by atoms with van der Waals surface area (Å²) in [4.78, 5) is 12.3. The predicted octanol–water partition coefficient (Wildman–Crippen LogP) is 2.85. The second-order valence-electron chi connectivity index (χ2n) is 6.93. The third-order valence-corrected chi connectivity index (χ3v) is 5.47. The largest absolute Gasteiger partial charge is 0.495 e. The lowest BCUT2D eigenvalue weighted by Crippen LogP contribution is -2.51. The van der Waals surface area contributed by atoms with Crippen LogP contribution in [-0.4, -0.2) is 51.4 Å². The maximum atomic E-state index is 12.3. The van der Waals surface area contributed by atoms with E-state index in [2.05, 4.69) is 16.0 Å². The number of benzene rings is 1. The molecule has 1 saturated heterocycles. The highest BCUT2D eigenvalue weighted by Gasteiger charge is 2.34. The van der Waals surface area contributed by atoms with E-state index >= 15 is 0 Å². The lowest BCUT2D eigenvalue weighted by molar-refractivity contribution is -0.116. The van der Waals surface area contributed by atoms with Crippen molar-refractivity contribution in [3.8, 4) is 5.75 Å². The van der Waals surface area contributed by atoms with Crippen LogP contribution in [0.3, 0.4) is 0 Å². The average Bonchev–Trinajstić information content (AvgIpc) is 3.11. The summed E-state index contributed by atoms with van der Waals surface area (Å²) in [6.07, 6.45) is 4.01. The summed E-state index contributed by atoms with van der Waals surface area (Å²) in [5.41, 5.74) is 0.604. The van der Waals surface area contributed by atoms with Gasteiger partial charge in [-0.1, -0.05) is 18.0 Å². The maximum absolute atomic E-state index is 12.3. The fourth-order valence-electron chi connectivity index (χ4n) is 3.95. The molecule has 0 bridgehead atoms. The van der Waals surface area contributed by atoms with Crippen molar-refractivity contribution in [3.05, 3.63) is 23.2 Å². The van der Waals surface area contributed by atoms with Crippen LogP contribution in [0, 0.1) is 5.92 Å². The highest BCUT2D eigenvalue weighted by molar-refractivity contribution is 6.31. The minimum Gasteiger partial charge on any atom is -0.495 e. The number of carbonyl (C=O) groups excluding carboxylic acids is 1. The van der Waals surface area contributed by atoms with Crippen LogP contribution in [0.1, 0.15) is 25.7 Å². The first-order chi connectivity index (χ1) is 12.7. The molecule has 1 aromatic carbocycles. The van der Waals surface area contributed by atoms with Crippen molar-refractivity contribution in [2.45, 2.75) is 37.8 Å². The number of hydrogen-bond acceptors (Lipinski definition) is 5. The van der Waals surface area contributed by atoms with Crippen LogP contribution in [-0.2, 0) is 9.53 Å². The second-order valence-corrected chi connectivity index (χ2v) is 7.37. The van der Waals surface area contributed by atoms with Gasteiger partial charge in [0.1, 0.15) is 5.75 Å². The van der Waals surface area contributed by atoms with Crippen molar-refractivity contribution in [1.82, 2.24) is 10.6 Å². The molecule has 0 aromatic heterocycles. The number of carbonyl (C=O) groups is 1. The van der Waals surface area contributed by atoms with Crippen molar-refractivity contribution in [1.29, 1.82) is 0 Å². The van der Waals surface area contributed by atoms with E-state index in [1.54, 1.807) is 25.3 Å². The average molecular weight is 418 g/mol. The zero-order valence-electron chi connectivity index (χ0n) is 15.6. The van der Waals surface area contributed by atoms with Crippen molar-refractivity contribution in [2.24, 2.45) is 5.92 Å². The molecule has 27 heavy (non-hydrogen) atoms.